The van der Waals surface area contributed by atoms with Gasteiger partial charge in [-0.15, -0.1) is 0 Å². The molecular weight excluding hydrogens is 360 g/mol. The molecule has 2 fully saturated rings. The lowest BCUT2D eigenvalue weighted by atomic mass is 9.96. The van der Waals surface area contributed by atoms with E-state index in [2.05, 4.69) is 28.9 Å². The minimum atomic E-state index is 0.279. The number of hydrogen-bond donors (Lipinski definition) is 1. The SMILES string of the molecule is CCC(CN1C[C@H]2C[C@H](Oc3cncc(Cl)c3)C[C@H]2C1)c1ccc(O)cc1. The smallest absolute Gasteiger partial charge is 0.139 e. The first-order valence-electron chi connectivity index (χ1n) is 9.89. The van der Waals surface area contributed by atoms with Crippen LogP contribution < -0.4 is 4.74 Å². The Hall–Kier alpha value is -1.78. The van der Waals surface area contributed by atoms with E-state index in [4.69, 9.17) is 16.3 Å². The molecule has 5 heteroatoms. The van der Waals surface area contributed by atoms with E-state index < -0.39 is 0 Å². The van der Waals surface area contributed by atoms with Gasteiger partial charge in [-0.25, -0.2) is 0 Å². The molecule has 1 saturated carbocycles. The maximum atomic E-state index is 9.52. The number of ether oxygens (including phenoxy) is 1. The minimum absolute atomic E-state index is 0.279. The van der Waals surface area contributed by atoms with Crippen LogP contribution in [0.25, 0.3) is 0 Å². The van der Waals surface area contributed by atoms with Crippen molar-refractivity contribution in [3.8, 4) is 11.5 Å². The number of fused-ring (bicyclic) bond motifs is 1. The van der Waals surface area contributed by atoms with Crippen LogP contribution in [0.3, 0.4) is 0 Å². The maximum absolute atomic E-state index is 9.52. The zero-order valence-corrected chi connectivity index (χ0v) is 16.5. The second-order valence-corrected chi connectivity index (χ2v) is 8.42. The Morgan fingerprint density at radius 2 is 1.89 bits per heavy atom. The van der Waals surface area contributed by atoms with E-state index in [0.29, 0.717) is 16.7 Å². The molecule has 1 aliphatic carbocycles. The predicted molar refractivity (Wildman–Crippen MR) is 107 cm³/mol. The largest absolute Gasteiger partial charge is 0.508 e. The van der Waals surface area contributed by atoms with Crippen molar-refractivity contribution >= 4 is 11.6 Å². The highest BCUT2D eigenvalue weighted by molar-refractivity contribution is 6.30. The Kier molecular flexibility index (Phi) is 5.55. The first kappa shape index (κ1) is 18.6. The number of aromatic nitrogens is 1. The number of aromatic hydroxyl groups is 1. The molecule has 1 aliphatic heterocycles. The topological polar surface area (TPSA) is 45.6 Å². The average Bonchev–Trinajstić information content (AvgIpc) is 3.18. The van der Waals surface area contributed by atoms with Crippen LogP contribution in [0.5, 0.6) is 11.5 Å². The van der Waals surface area contributed by atoms with E-state index in [1.54, 1.807) is 24.5 Å². The highest BCUT2D eigenvalue weighted by Crippen LogP contribution is 2.40. The lowest BCUT2D eigenvalue weighted by Gasteiger charge is -2.25. The summed E-state index contributed by atoms with van der Waals surface area (Å²) in [5.74, 6) is 3.08. The summed E-state index contributed by atoms with van der Waals surface area (Å²) in [5, 5.41) is 10.1. The zero-order chi connectivity index (χ0) is 18.8. The first-order chi connectivity index (χ1) is 13.1. The van der Waals surface area contributed by atoms with Gasteiger partial charge in [0.15, 0.2) is 0 Å². The molecule has 1 aromatic heterocycles. The van der Waals surface area contributed by atoms with Crippen molar-refractivity contribution in [2.75, 3.05) is 19.6 Å². The number of likely N-dealkylation sites (tertiary alicyclic amines) is 1. The Morgan fingerprint density at radius 1 is 1.19 bits per heavy atom. The summed E-state index contributed by atoms with van der Waals surface area (Å²) in [7, 11) is 0. The van der Waals surface area contributed by atoms with Crippen LogP contribution in [0, 0.1) is 11.8 Å². The van der Waals surface area contributed by atoms with Gasteiger partial charge in [-0.2, -0.15) is 0 Å². The third-order valence-corrected chi connectivity index (χ3v) is 6.31. The van der Waals surface area contributed by atoms with E-state index in [1.807, 2.05) is 6.07 Å². The molecule has 2 aliphatic rings. The molecule has 2 aromatic rings. The van der Waals surface area contributed by atoms with Gasteiger partial charge in [0, 0.05) is 31.9 Å². The van der Waals surface area contributed by atoms with Gasteiger partial charge in [-0.05, 0) is 54.7 Å². The van der Waals surface area contributed by atoms with Crippen molar-refractivity contribution in [3.05, 3.63) is 53.3 Å². The molecule has 1 unspecified atom stereocenters. The monoisotopic (exact) mass is 386 g/mol. The van der Waals surface area contributed by atoms with Crippen LogP contribution in [0.15, 0.2) is 42.7 Å². The molecular formula is C22H27ClN2O2. The number of hydrogen-bond acceptors (Lipinski definition) is 4. The number of phenols is 1. The molecule has 2 heterocycles. The van der Waals surface area contributed by atoms with Crippen molar-refractivity contribution in [1.29, 1.82) is 0 Å². The molecule has 4 atom stereocenters. The van der Waals surface area contributed by atoms with Gasteiger partial charge in [-0.1, -0.05) is 30.7 Å². The van der Waals surface area contributed by atoms with Gasteiger partial charge in [0.25, 0.3) is 0 Å². The van der Waals surface area contributed by atoms with Crippen LogP contribution in [0.1, 0.15) is 37.7 Å². The van der Waals surface area contributed by atoms with Crippen molar-refractivity contribution in [2.24, 2.45) is 11.8 Å². The normalized spacial score (nSPS) is 26.1. The summed E-state index contributed by atoms with van der Waals surface area (Å²) in [5.41, 5.74) is 1.32. The summed E-state index contributed by atoms with van der Waals surface area (Å²) in [6.45, 7) is 5.66. The second-order valence-electron chi connectivity index (χ2n) is 7.99. The summed E-state index contributed by atoms with van der Waals surface area (Å²) in [6, 6.07) is 9.55. The summed E-state index contributed by atoms with van der Waals surface area (Å²) >= 11 is 6.00. The van der Waals surface area contributed by atoms with Crippen molar-refractivity contribution in [1.82, 2.24) is 9.88 Å². The summed E-state index contributed by atoms with van der Waals surface area (Å²) < 4.78 is 6.12. The molecule has 0 bridgehead atoms. The number of pyridine rings is 1. The van der Waals surface area contributed by atoms with Crippen molar-refractivity contribution < 1.29 is 9.84 Å². The second kappa shape index (κ2) is 8.07. The third kappa shape index (κ3) is 4.39. The van der Waals surface area contributed by atoms with E-state index in [9.17, 15) is 5.11 Å². The van der Waals surface area contributed by atoms with Gasteiger partial charge < -0.3 is 14.7 Å². The molecule has 1 saturated heterocycles. The lowest BCUT2D eigenvalue weighted by Crippen LogP contribution is -2.28. The molecule has 0 radical (unpaired) electrons. The van der Waals surface area contributed by atoms with Crippen LogP contribution in [-0.4, -0.2) is 40.7 Å². The van der Waals surface area contributed by atoms with Gasteiger partial charge in [0.1, 0.15) is 11.5 Å². The number of rotatable bonds is 6. The molecule has 4 nitrogen and oxygen atoms in total. The molecule has 1 aromatic carbocycles. The van der Waals surface area contributed by atoms with Gasteiger partial charge in [-0.3, -0.25) is 4.98 Å². The minimum Gasteiger partial charge on any atom is -0.508 e. The van der Waals surface area contributed by atoms with Gasteiger partial charge in [0.2, 0.25) is 0 Å². The molecule has 0 amide bonds. The predicted octanol–water partition coefficient (Wildman–Crippen LogP) is 4.72. The van der Waals surface area contributed by atoms with Crippen LogP contribution in [-0.2, 0) is 0 Å². The summed E-state index contributed by atoms with van der Waals surface area (Å²) in [6.07, 6.45) is 7.00. The summed E-state index contributed by atoms with van der Waals surface area (Å²) in [4.78, 5) is 6.72. The lowest BCUT2D eigenvalue weighted by molar-refractivity contribution is 0.183. The average molecular weight is 387 g/mol. The van der Waals surface area contributed by atoms with E-state index >= 15 is 0 Å². The fraction of sp³-hybridized carbons (Fsp3) is 0.500. The quantitative estimate of drug-likeness (QED) is 0.779. The molecule has 0 spiro atoms. The number of benzene rings is 1. The molecule has 27 heavy (non-hydrogen) atoms. The Labute approximate surface area is 166 Å². The van der Waals surface area contributed by atoms with Crippen LogP contribution in [0.4, 0.5) is 0 Å². The molecule has 1 N–H and O–H groups in total. The number of nitrogens with zero attached hydrogens (tertiary/aromatic N) is 2. The molecule has 144 valence electrons. The van der Waals surface area contributed by atoms with Crippen molar-refractivity contribution in [3.63, 3.8) is 0 Å². The first-order valence-corrected chi connectivity index (χ1v) is 10.3. The van der Waals surface area contributed by atoms with Crippen LogP contribution >= 0.6 is 11.6 Å². The van der Waals surface area contributed by atoms with E-state index in [1.165, 1.54) is 5.56 Å². The maximum Gasteiger partial charge on any atom is 0.139 e. The van der Waals surface area contributed by atoms with E-state index in [-0.39, 0.29) is 6.10 Å². The Bertz CT molecular complexity index is 753. The van der Waals surface area contributed by atoms with E-state index in [0.717, 1.165) is 56.5 Å². The number of phenolic OH excluding ortho intramolecular Hbond substituents is 1. The van der Waals surface area contributed by atoms with Gasteiger partial charge >= 0.3 is 0 Å². The standard InChI is InChI=1S/C22H27ClN2O2/c1-2-15(16-3-5-20(26)6-4-16)12-25-13-17-7-21(8-18(17)14-25)27-22-9-19(23)10-24-11-22/h3-6,9-11,15,17-18,21,26H,2,7-8,12-14H2,1H3/t15?,17-,18+,21+. The van der Waals surface area contributed by atoms with Crippen molar-refractivity contribution in [2.45, 2.75) is 38.2 Å². The zero-order valence-electron chi connectivity index (χ0n) is 15.7. The fourth-order valence-electron chi connectivity index (χ4n) is 4.76. The van der Waals surface area contributed by atoms with Crippen LogP contribution in [0.2, 0.25) is 5.02 Å². The molecule has 4 rings (SSSR count). The Balaban J connectivity index is 1.31. The fourth-order valence-corrected chi connectivity index (χ4v) is 4.93. The Morgan fingerprint density at radius 3 is 2.52 bits per heavy atom. The third-order valence-electron chi connectivity index (χ3n) is 6.10. The van der Waals surface area contributed by atoms with Gasteiger partial charge in [0.05, 0.1) is 17.3 Å². The highest BCUT2D eigenvalue weighted by Gasteiger charge is 2.42. The number of halogens is 1. The highest BCUT2D eigenvalue weighted by atomic mass is 35.5.